The first-order valence-corrected chi connectivity index (χ1v) is 7.37. The molecule has 1 aliphatic heterocycles. The van der Waals surface area contributed by atoms with Gasteiger partial charge in [-0.1, -0.05) is 31.0 Å². The highest BCUT2D eigenvalue weighted by Gasteiger charge is 2.37. The van der Waals surface area contributed by atoms with Crippen LogP contribution >= 0.6 is 11.6 Å². The molecule has 2 unspecified atom stereocenters. The number of carbonyl (C=O) groups is 2. The van der Waals surface area contributed by atoms with E-state index in [4.69, 9.17) is 11.6 Å². The van der Waals surface area contributed by atoms with Gasteiger partial charge in [-0.3, -0.25) is 9.59 Å². The average Bonchev–Trinajstić information content (AvgIpc) is 2.44. The minimum absolute atomic E-state index is 0.000852. The van der Waals surface area contributed by atoms with Gasteiger partial charge in [-0.25, -0.2) is 4.39 Å². The van der Waals surface area contributed by atoms with Crippen LogP contribution in [0.25, 0.3) is 0 Å². The van der Waals surface area contributed by atoms with Crippen molar-refractivity contribution in [1.82, 2.24) is 10.2 Å². The molecule has 0 spiro atoms. The van der Waals surface area contributed by atoms with E-state index in [1.54, 1.807) is 13.0 Å². The summed E-state index contributed by atoms with van der Waals surface area (Å²) in [6.07, 6.45) is 1.35. The van der Waals surface area contributed by atoms with Gasteiger partial charge in [0.1, 0.15) is 17.9 Å². The summed E-state index contributed by atoms with van der Waals surface area (Å²) in [5.74, 6) is -0.885. The molecule has 6 heteroatoms. The quantitative estimate of drug-likeness (QED) is 0.928. The number of piperazine rings is 1. The molecule has 2 atom stereocenters. The molecule has 1 fully saturated rings. The number of hydrogen-bond acceptors (Lipinski definition) is 2. The summed E-state index contributed by atoms with van der Waals surface area (Å²) >= 11 is 6.00. The fourth-order valence-electron chi connectivity index (χ4n) is 2.44. The summed E-state index contributed by atoms with van der Waals surface area (Å²) in [4.78, 5) is 25.8. The maximum atomic E-state index is 13.9. The molecule has 4 nitrogen and oxygen atoms in total. The van der Waals surface area contributed by atoms with E-state index in [1.807, 2.05) is 6.92 Å². The number of rotatable bonds is 4. The molecule has 2 rings (SSSR count). The Morgan fingerprint density at radius 2 is 2.10 bits per heavy atom. The van der Waals surface area contributed by atoms with Gasteiger partial charge in [0.05, 0.1) is 6.54 Å². The minimum atomic E-state index is -0.638. The summed E-state index contributed by atoms with van der Waals surface area (Å²) < 4.78 is 13.9. The van der Waals surface area contributed by atoms with Crippen LogP contribution in [0.1, 0.15) is 32.3 Å². The largest absolute Gasteiger partial charge is 0.343 e. The number of nitrogens with zero attached hydrogens (tertiary/aromatic N) is 1. The molecule has 0 bridgehead atoms. The maximum Gasteiger partial charge on any atom is 0.246 e. The lowest BCUT2D eigenvalue weighted by Crippen LogP contribution is -2.61. The highest BCUT2D eigenvalue weighted by atomic mass is 35.5. The Bertz CT molecular complexity index is 544. The lowest BCUT2D eigenvalue weighted by molar-refractivity contribution is -0.149. The highest BCUT2D eigenvalue weighted by Crippen LogP contribution is 2.24. The fraction of sp³-hybridized carbons (Fsp3) is 0.467. The molecule has 1 heterocycles. The minimum Gasteiger partial charge on any atom is -0.343 e. The van der Waals surface area contributed by atoms with Gasteiger partial charge in [0, 0.05) is 10.6 Å². The zero-order chi connectivity index (χ0) is 15.6. The molecule has 0 saturated carbocycles. The first-order valence-electron chi connectivity index (χ1n) is 6.99. The van der Waals surface area contributed by atoms with E-state index in [0.717, 1.165) is 6.42 Å². The van der Waals surface area contributed by atoms with Crippen molar-refractivity contribution in [3.05, 3.63) is 34.6 Å². The van der Waals surface area contributed by atoms with Crippen LogP contribution in [0.3, 0.4) is 0 Å². The molecule has 1 aliphatic rings. The van der Waals surface area contributed by atoms with Crippen molar-refractivity contribution in [3.63, 3.8) is 0 Å². The molecule has 21 heavy (non-hydrogen) atoms. The molecule has 2 amide bonds. The number of halogens is 2. The summed E-state index contributed by atoms with van der Waals surface area (Å²) in [7, 11) is 0. The lowest BCUT2D eigenvalue weighted by Gasteiger charge is -2.37. The summed E-state index contributed by atoms with van der Waals surface area (Å²) in [6.45, 7) is 3.57. The van der Waals surface area contributed by atoms with E-state index in [-0.39, 0.29) is 28.9 Å². The Balaban J connectivity index is 2.27. The smallest absolute Gasteiger partial charge is 0.246 e. The number of benzene rings is 1. The van der Waals surface area contributed by atoms with Crippen LogP contribution in [-0.4, -0.2) is 28.8 Å². The number of hydrogen-bond donors (Lipinski definition) is 1. The van der Waals surface area contributed by atoms with Crippen LogP contribution in [-0.2, 0) is 16.1 Å². The summed E-state index contributed by atoms with van der Waals surface area (Å²) in [6, 6.07) is 3.20. The van der Waals surface area contributed by atoms with E-state index in [1.165, 1.54) is 17.0 Å². The van der Waals surface area contributed by atoms with Gasteiger partial charge in [0.2, 0.25) is 11.8 Å². The van der Waals surface area contributed by atoms with Gasteiger partial charge in [-0.15, -0.1) is 0 Å². The van der Waals surface area contributed by atoms with Crippen molar-refractivity contribution in [2.24, 2.45) is 0 Å². The number of nitrogens with one attached hydrogen (secondary N) is 1. The molecule has 1 aromatic carbocycles. The van der Waals surface area contributed by atoms with Crippen molar-refractivity contribution in [1.29, 1.82) is 0 Å². The molecular formula is C15H18ClFN2O2. The topological polar surface area (TPSA) is 49.4 Å². The van der Waals surface area contributed by atoms with Gasteiger partial charge in [-0.05, 0) is 25.5 Å². The van der Waals surface area contributed by atoms with E-state index >= 15 is 0 Å². The molecule has 1 aromatic rings. The Morgan fingerprint density at radius 3 is 2.71 bits per heavy atom. The number of carbonyl (C=O) groups excluding carboxylic acids is 2. The molecule has 114 valence electrons. The molecular weight excluding hydrogens is 295 g/mol. The van der Waals surface area contributed by atoms with Crippen molar-refractivity contribution in [2.75, 3.05) is 0 Å². The van der Waals surface area contributed by atoms with Gasteiger partial charge in [-0.2, -0.15) is 0 Å². The second kappa shape index (κ2) is 6.43. The normalized spacial score (nSPS) is 22.4. The third kappa shape index (κ3) is 3.18. The molecule has 0 aromatic heterocycles. The zero-order valence-electron chi connectivity index (χ0n) is 12.0. The fourth-order valence-corrected chi connectivity index (χ4v) is 2.66. The van der Waals surface area contributed by atoms with Crippen LogP contribution in [0.5, 0.6) is 0 Å². The van der Waals surface area contributed by atoms with E-state index in [9.17, 15) is 14.0 Å². The molecule has 1 N–H and O–H groups in total. The van der Waals surface area contributed by atoms with Crippen molar-refractivity contribution in [2.45, 2.75) is 45.3 Å². The van der Waals surface area contributed by atoms with Gasteiger partial charge in [0.25, 0.3) is 0 Å². The third-order valence-electron chi connectivity index (χ3n) is 3.71. The van der Waals surface area contributed by atoms with Gasteiger partial charge >= 0.3 is 0 Å². The first kappa shape index (κ1) is 15.8. The summed E-state index contributed by atoms with van der Waals surface area (Å²) in [5.41, 5.74) is 0.240. The highest BCUT2D eigenvalue weighted by molar-refractivity contribution is 6.31. The lowest BCUT2D eigenvalue weighted by atomic mass is 10.0. The SMILES string of the molecule is CCCC1NC(=O)C(C)N(Cc2c(F)cccc2Cl)C1=O. The number of amides is 2. The Labute approximate surface area is 128 Å². The van der Waals surface area contributed by atoms with Crippen molar-refractivity contribution in [3.8, 4) is 0 Å². The van der Waals surface area contributed by atoms with Crippen LogP contribution in [0.2, 0.25) is 5.02 Å². The van der Waals surface area contributed by atoms with Gasteiger partial charge in [0.15, 0.2) is 0 Å². The van der Waals surface area contributed by atoms with E-state index < -0.39 is 17.9 Å². The Kier molecular flexibility index (Phi) is 4.83. The van der Waals surface area contributed by atoms with Crippen LogP contribution < -0.4 is 5.32 Å². The monoisotopic (exact) mass is 312 g/mol. The Morgan fingerprint density at radius 1 is 1.38 bits per heavy atom. The predicted molar refractivity (Wildman–Crippen MR) is 78.3 cm³/mol. The third-order valence-corrected chi connectivity index (χ3v) is 4.07. The zero-order valence-corrected chi connectivity index (χ0v) is 12.8. The second-order valence-electron chi connectivity index (χ2n) is 5.19. The second-order valence-corrected chi connectivity index (χ2v) is 5.60. The standard InChI is InChI=1S/C15H18ClFN2O2/c1-3-5-13-15(21)19(9(2)14(20)18-13)8-10-11(16)6-4-7-12(10)17/h4,6-7,9,13H,3,5,8H2,1-2H3,(H,18,20). The van der Waals surface area contributed by atoms with Gasteiger partial charge < -0.3 is 10.2 Å². The first-order chi connectivity index (χ1) is 9.95. The summed E-state index contributed by atoms with van der Waals surface area (Å²) in [5, 5.41) is 2.96. The molecule has 1 saturated heterocycles. The maximum absolute atomic E-state index is 13.9. The average molecular weight is 313 g/mol. The van der Waals surface area contributed by atoms with E-state index in [0.29, 0.717) is 6.42 Å². The van der Waals surface area contributed by atoms with Crippen LogP contribution in [0.4, 0.5) is 4.39 Å². The van der Waals surface area contributed by atoms with Crippen molar-refractivity contribution < 1.29 is 14.0 Å². The van der Waals surface area contributed by atoms with Crippen LogP contribution in [0.15, 0.2) is 18.2 Å². The molecule has 0 radical (unpaired) electrons. The van der Waals surface area contributed by atoms with E-state index in [2.05, 4.69) is 5.32 Å². The predicted octanol–water partition coefficient (Wildman–Crippen LogP) is 2.49. The Hall–Kier alpha value is -1.62. The van der Waals surface area contributed by atoms with Crippen LogP contribution in [0, 0.1) is 5.82 Å². The van der Waals surface area contributed by atoms with Crippen molar-refractivity contribution >= 4 is 23.4 Å². The molecule has 0 aliphatic carbocycles.